The molecule has 1 heterocycles. The van der Waals surface area contributed by atoms with Gasteiger partial charge in [-0.25, -0.2) is 9.48 Å². The number of nitrogens with zero attached hydrogens (tertiary/aromatic N) is 3. The Labute approximate surface area is 172 Å². The number of aromatic nitrogens is 2. The number of urea groups is 1. The Kier molecular flexibility index (Phi) is 6.67. The van der Waals surface area contributed by atoms with Crippen LogP contribution >= 0.6 is 0 Å². The summed E-state index contributed by atoms with van der Waals surface area (Å²) in [7, 11) is 2.10. The van der Waals surface area contributed by atoms with Crippen LogP contribution in [0.5, 0.6) is 0 Å². The lowest BCUT2D eigenvalue weighted by Gasteiger charge is -2.15. The van der Waals surface area contributed by atoms with E-state index in [4.69, 9.17) is 0 Å². The van der Waals surface area contributed by atoms with E-state index in [-0.39, 0.29) is 6.03 Å². The Morgan fingerprint density at radius 1 is 1.07 bits per heavy atom. The van der Waals surface area contributed by atoms with E-state index in [1.807, 2.05) is 61.0 Å². The van der Waals surface area contributed by atoms with Gasteiger partial charge in [-0.3, -0.25) is 0 Å². The van der Waals surface area contributed by atoms with Crippen molar-refractivity contribution in [2.75, 3.05) is 18.9 Å². The van der Waals surface area contributed by atoms with Crippen LogP contribution in [0, 0.1) is 13.8 Å². The first-order chi connectivity index (χ1) is 14.0. The maximum Gasteiger partial charge on any atom is 0.319 e. The van der Waals surface area contributed by atoms with Gasteiger partial charge in [0.2, 0.25) is 0 Å². The molecular formula is C23H29N5O. The van der Waals surface area contributed by atoms with Crippen LogP contribution in [-0.4, -0.2) is 34.3 Å². The van der Waals surface area contributed by atoms with Crippen molar-refractivity contribution in [3.05, 3.63) is 77.1 Å². The van der Waals surface area contributed by atoms with Crippen LogP contribution < -0.4 is 10.6 Å². The molecule has 2 aromatic carbocycles. The molecule has 0 bridgehead atoms. The second-order valence-electron chi connectivity index (χ2n) is 7.31. The first-order valence-corrected chi connectivity index (χ1v) is 9.90. The predicted octanol–water partition coefficient (Wildman–Crippen LogP) is 4.26. The van der Waals surface area contributed by atoms with Crippen molar-refractivity contribution < 1.29 is 4.79 Å². The molecule has 0 aliphatic heterocycles. The molecule has 0 aliphatic carbocycles. The number of benzene rings is 2. The van der Waals surface area contributed by atoms with Gasteiger partial charge in [-0.2, -0.15) is 5.10 Å². The molecule has 0 saturated carbocycles. The summed E-state index contributed by atoms with van der Waals surface area (Å²) in [6.45, 7) is 8.46. The van der Waals surface area contributed by atoms with Gasteiger partial charge in [0.15, 0.2) is 0 Å². The van der Waals surface area contributed by atoms with E-state index in [1.54, 1.807) is 0 Å². The van der Waals surface area contributed by atoms with Crippen molar-refractivity contribution in [1.29, 1.82) is 0 Å². The van der Waals surface area contributed by atoms with Gasteiger partial charge >= 0.3 is 6.03 Å². The number of nitrogens with one attached hydrogen (secondary N) is 2. The highest BCUT2D eigenvalue weighted by Gasteiger charge is 2.11. The summed E-state index contributed by atoms with van der Waals surface area (Å²) in [6.07, 6.45) is 0. The van der Waals surface area contributed by atoms with Crippen molar-refractivity contribution >= 4 is 11.7 Å². The van der Waals surface area contributed by atoms with Crippen molar-refractivity contribution in [3.63, 3.8) is 0 Å². The number of amides is 2. The van der Waals surface area contributed by atoms with E-state index in [2.05, 4.69) is 46.7 Å². The minimum atomic E-state index is -0.241. The number of para-hydroxylation sites is 2. The van der Waals surface area contributed by atoms with Gasteiger partial charge in [0, 0.05) is 18.8 Å². The normalized spacial score (nSPS) is 10.9. The van der Waals surface area contributed by atoms with Crippen molar-refractivity contribution in [2.45, 2.75) is 33.9 Å². The molecule has 152 valence electrons. The standard InChI is InChI=1S/C23H29N5O/c1-5-27(4)16-20-10-8-9-19(14-20)15-24-23(29)25-21-11-6-7-12-22(21)28-18(3)13-17(2)26-28/h6-14H,5,15-16H2,1-4H3,(H2,24,25,29). The molecule has 0 radical (unpaired) electrons. The lowest BCUT2D eigenvalue weighted by Crippen LogP contribution is -2.28. The van der Waals surface area contributed by atoms with Crippen molar-refractivity contribution in [3.8, 4) is 5.69 Å². The fraction of sp³-hybridized carbons (Fsp3) is 0.304. The average molecular weight is 392 g/mol. The lowest BCUT2D eigenvalue weighted by atomic mass is 10.1. The van der Waals surface area contributed by atoms with Gasteiger partial charge in [0.25, 0.3) is 0 Å². The smallest absolute Gasteiger partial charge is 0.319 e. The molecule has 2 amide bonds. The number of rotatable bonds is 7. The molecular weight excluding hydrogens is 362 g/mol. The molecule has 29 heavy (non-hydrogen) atoms. The summed E-state index contributed by atoms with van der Waals surface area (Å²) in [4.78, 5) is 14.8. The molecule has 6 nitrogen and oxygen atoms in total. The summed E-state index contributed by atoms with van der Waals surface area (Å²) in [5.74, 6) is 0. The summed E-state index contributed by atoms with van der Waals surface area (Å²) in [5.41, 5.74) is 5.84. The van der Waals surface area contributed by atoms with Crippen LogP contribution in [-0.2, 0) is 13.1 Å². The Morgan fingerprint density at radius 3 is 2.55 bits per heavy atom. The van der Waals surface area contributed by atoms with Crippen LogP contribution in [0.15, 0.2) is 54.6 Å². The second kappa shape index (κ2) is 9.39. The lowest BCUT2D eigenvalue weighted by molar-refractivity contribution is 0.251. The van der Waals surface area contributed by atoms with E-state index in [0.717, 1.165) is 41.4 Å². The van der Waals surface area contributed by atoms with Crippen molar-refractivity contribution in [2.24, 2.45) is 0 Å². The van der Waals surface area contributed by atoms with E-state index in [1.165, 1.54) is 5.56 Å². The molecule has 0 saturated heterocycles. The Morgan fingerprint density at radius 2 is 1.83 bits per heavy atom. The van der Waals surface area contributed by atoms with E-state index in [9.17, 15) is 4.79 Å². The van der Waals surface area contributed by atoms with Gasteiger partial charge in [-0.05, 0) is 56.8 Å². The summed E-state index contributed by atoms with van der Waals surface area (Å²) < 4.78 is 1.85. The fourth-order valence-electron chi connectivity index (χ4n) is 3.25. The maximum atomic E-state index is 12.5. The minimum absolute atomic E-state index is 0.241. The third-order valence-corrected chi connectivity index (χ3v) is 4.83. The summed E-state index contributed by atoms with van der Waals surface area (Å²) >= 11 is 0. The zero-order chi connectivity index (χ0) is 20.8. The van der Waals surface area contributed by atoms with Crippen LogP contribution in [0.1, 0.15) is 29.4 Å². The zero-order valence-electron chi connectivity index (χ0n) is 17.6. The largest absolute Gasteiger partial charge is 0.334 e. The maximum absolute atomic E-state index is 12.5. The van der Waals surface area contributed by atoms with Gasteiger partial charge in [-0.15, -0.1) is 0 Å². The molecule has 0 aliphatic rings. The molecule has 0 unspecified atom stereocenters. The number of anilines is 1. The molecule has 0 atom stereocenters. The third kappa shape index (κ3) is 5.45. The number of hydrogen-bond acceptors (Lipinski definition) is 3. The monoisotopic (exact) mass is 391 g/mol. The quantitative estimate of drug-likeness (QED) is 0.632. The van der Waals surface area contributed by atoms with Gasteiger partial charge in [-0.1, -0.05) is 43.3 Å². The van der Waals surface area contributed by atoms with Crippen LogP contribution in [0.2, 0.25) is 0 Å². The Bertz CT molecular complexity index is 979. The topological polar surface area (TPSA) is 62.2 Å². The number of hydrogen-bond donors (Lipinski definition) is 2. The SMILES string of the molecule is CCN(C)Cc1cccc(CNC(=O)Nc2ccccc2-n2nc(C)cc2C)c1. The molecule has 2 N–H and O–H groups in total. The average Bonchev–Trinajstić information content (AvgIpc) is 3.05. The molecule has 0 fully saturated rings. The second-order valence-corrected chi connectivity index (χ2v) is 7.31. The van der Waals surface area contributed by atoms with E-state index >= 15 is 0 Å². The molecule has 3 rings (SSSR count). The van der Waals surface area contributed by atoms with Gasteiger partial charge in [0.05, 0.1) is 17.1 Å². The molecule has 0 spiro atoms. The zero-order valence-corrected chi connectivity index (χ0v) is 17.6. The molecule has 1 aromatic heterocycles. The van der Waals surface area contributed by atoms with E-state index < -0.39 is 0 Å². The first kappa shape index (κ1) is 20.6. The number of carbonyl (C=O) groups excluding carboxylic acids is 1. The molecule has 3 aromatic rings. The van der Waals surface area contributed by atoms with Gasteiger partial charge < -0.3 is 15.5 Å². The summed E-state index contributed by atoms with van der Waals surface area (Å²) in [6, 6.07) is 17.7. The number of carbonyl (C=O) groups is 1. The van der Waals surface area contributed by atoms with Crippen molar-refractivity contribution in [1.82, 2.24) is 20.0 Å². The third-order valence-electron chi connectivity index (χ3n) is 4.83. The van der Waals surface area contributed by atoms with Crippen LogP contribution in [0.4, 0.5) is 10.5 Å². The fourth-order valence-corrected chi connectivity index (χ4v) is 3.25. The highest BCUT2D eigenvalue weighted by molar-refractivity contribution is 5.91. The van der Waals surface area contributed by atoms with Gasteiger partial charge in [0.1, 0.15) is 0 Å². The highest BCUT2D eigenvalue weighted by atomic mass is 16.2. The first-order valence-electron chi connectivity index (χ1n) is 9.90. The Balaban J connectivity index is 1.65. The predicted molar refractivity (Wildman–Crippen MR) is 117 cm³/mol. The Hall–Kier alpha value is -3.12. The highest BCUT2D eigenvalue weighted by Crippen LogP contribution is 2.21. The summed E-state index contributed by atoms with van der Waals surface area (Å²) in [5, 5.41) is 10.4. The number of aryl methyl sites for hydroxylation is 2. The molecule has 6 heteroatoms. The minimum Gasteiger partial charge on any atom is -0.334 e. The van der Waals surface area contributed by atoms with E-state index in [0.29, 0.717) is 6.54 Å². The van der Waals surface area contributed by atoms with Crippen LogP contribution in [0.25, 0.3) is 5.69 Å². The van der Waals surface area contributed by atoms with Crippen LogP contribution in [0.3, 0.4) is 0 Å².